The van der Waals surface area contributed by atoms with Crippen LogP contribution >= 0.6 is 15.9 Å². The zero-order valence-corrected chi connectivity index (χ0v) is 12.6. The minimum Gasteiger partial charge on any atom is -0.467 e. The topological polar surface area (TPSA) is 89.2 Å². The molecule has 2 aromatic rings. The highest BCUT2D eigenvalue weighted by atomic mass is 79.9. The van der Waals surface area contributed by atoms with E-state index in [1.165, 1.54) is 7.11 Å². The van der Waals surface area contributed by atoms with E-state index in [1.807, 2.05) is 4.90 Å². The Morgan fingerprint density at radius 1 is 1.40 bits per heavy atom. The molecule has 0 spiro atoms. The van der Waals surface area contributed by atoms with Crippen molar-refractivity contribution in [3.63, 3.8) is 0 Å². The van der Waals surface area contributed by atoms with Crippen LogP contribution in [0.5, 0.6) is 6.01 Å². The van der Waals surface area contributed by atoms with Crippen molar-refractivity contribution in [2.75, 3.05) is 25.1 Å². The molecule has 0 atom stereocenters. The molecular weight excluding hydrogens is 328 g/mol. The highest BCUT2D eigenvalue weighted by Gasteiger charge is 2.46. The predicted molar refractivity (Wildman–Crippen MR) is 73.4 cm³/mol. The second-order valence-corrected chi connectivity index (χ2v) is 5.51. The maximum Gasteiger partial charge on any atom is 0.318 e. The summed E-state index contributed by atoms with van der Waals surface area (Å²) in [6, 6.07) is 0.292. The summed E-state index contributed by atoms with van der Waals surface area (Å²) in [6.45, 7) is 0.819. The monoisotopic (exact) mass is 340 g/mol. The van der Waals surface area contributed by atoms with Crippen LogP contribution in [0.15, 0.2) is 16.9 Å². The fraction of sp³-hybridized carbons (Fsp3) is 0.455. The molecule has 2 aromatic heterocycles. The van der Waals surface area contributed by atoms with Gasteiger partial charge in [-0.25, -0.2) is 9.67 Å². The molecule has 1 aliphatic heterocycles. The summed E-state index contributed by atoms with van der Waals surface area (Å²) < 4.78 is 7.35. The molecule has 8 nitrogen and oxygen atoms in total. The summed E-state index contributed by atoms with van der Waals surface area (Å²) in [4.78, 5) is 10.2. The van der Waals surface area contributed by atoms with Crippen LogP contribution < -0.4 is 9.64 Å². The lowest BCUT2D eigenvalue weighted by Gasteiger charge is -2.46. The third-order valence-corrected chi connectivity index (χ3v) is 3.84. The van der Waals surface area contributed by atoms with Crippen LogP contribution in [-0.4, -0.2) is 50.3 Å². The van der Waals surface area contributed by atoms with Gasteiger partial charge in [-0.05, 0) is 15.9 Å². The van der Waals surface area contributed by atoms with E-state index in [-0.39, 0.29) is 0 Å². The molecule has 1 saturated heterocycles. The second kappa shape index (κ2) is 4.67. The Balaban J connectivity index is 1.82. The first-order valence-electron chi connectivity index (χ1n) is 5.92. The zero-order valence-electron chi connectivity index (χ0n) is 11.0. The summed E-state index contributed by atoms with van der Waals surface area (Å²) in [5.74, 6) is 0.691. The van der Waals surface area contributed by atoms with Gasteiger partial charge in [-0.15, -0.1) is 5.10 Å². The Kier molecular flexibility index (Phi) is 3.09. The van der Waals surface area contributed by atoms with E-state index in [0.717, 1.165) is 4.47 Å². The smallest absolute Gasteiger partial charge is 0.318 e. The van der Waals surface area contributed by atoms with Gasteiger partial charge in [0.15, 0.2) is 0 Å². The number of methoxy groups -OCH3 is 1. The molecule has 20 heavy (non-hydrogen) atoms. The van der Waals surface area contributed by atoms with E-state index in [0.29, 0.717) is 30.6 Å². The number of β-amino-alcohol motifs (C(OH)–C–C–N with tert-alkyl or cyclic N) is 1. The molecule has 0 radical (unpaired) electrons. The molecule has 0 unspecified atom stereocenters. The van der Waals surface area contributed by atoms with Gasteiger partial charge in [0.2, 0.25) is 0 Å². The minimum atomic E-state index is -0.962. The molecule has 1 fully saturated rings. The third kappa shape index (κ3) is 2.02. The molecule has 0 amide bonds. The van der Waals surface area contributed by atoms with Crippen molar-refractivity contribution in [2.24, 2.45) is 7.05 Å². The predicted octanol–water partition coefficient (Wildman–Crippen LogP) is 0.0840. The van der Waals surface area contributed by atoms with Gasteiger partial charge in [0.1, 0.15) is 11.4 Å². The van der Waals surface area contributed by atoms with Crippen molar-refractivity contribution < 1.29 is 9.84 Å². The summed E-state index contributed by atoms with van der Waals surface area (Å²) in [7, 11) is 3.27. The average Bonchev–Trinajstić information content (AvgIpc) is 2.83. The van der Waals surface area contributed by atoms with Crippen molar-refractivity contribution in [2.45, 2.75) is 5.60 Å². The molecule has 0 bridgehead atoms. The maximum atomic E-state index is 10.6. The quantitative estimate of drug-likeness (QED) is 0.846. The number of aryl methyl sites for hydroxylation is 1. The number of nitrogens with zero attached hydrogens (tertiary/aromatic N) is 6. The number of ether oxygens (including phenoxy) is 1. The molecule has 3 heterocycles. The molecule has 9 heteroatoms. The molecule has 106 valence electrons. The van der Waals surface area contributed by atoms with Crippen molar-refractivity contribution >= 4 is 21.7 Å². The SMILES string of the molecule is COc1ncc(Br)c(N2CC(O)(c3cnnn3C)C2)n1. The van der Waals surface area contributed by atoms with Crippen molar-refractivity contribution in [1.82, 2.24) is 25.0 Å². The average molecular weight is 341 g/mol. The first-order valence-corrected chi connectivity index (χ1v) is 6.72. The van der Waals surface area contributed by atoms with Crippen LogP contribution in [-0.2, 0) is 12.6 Å². The van der Waals surface area contributed by atoms with Gasteiger partial charge in [0.05, 0.1) is 42.8 Å². The Bertz CT molecular complexity index is 640. The van der Waals surface area contributed by atoms with E-state index in [2.05, 4.69) is 36.2 Å². The number of halogens is 1. The number of hydrogen-bond donors (Lipinski definition) is 1. The molecule has 3 rings (SSSR count). The van der Waals surface area contributed by atoms with Gasteiger partial charge in [0.25, 0.3) is 0 Å². The second-order valence-electron chi connectivity index (χ2n) is 4.66. The summed E-state index contributed by atoms with van der Waals surface area (Å²) in [5.41, 5.74) is -0.276. The van der Waals surface area contributed by atoms with Gasteiger partial charge in [-0.2, -0.15) is 4.98 Å². The van der Waals surface area contributed by atoms with E-state index in [4.69, 9.17) is 4.74 Å². The maximum absolute atomic E-state index is 10.6. The highest BCUT2D eigenvalue weighted by molar-refractivity contribution is 9.10. The summed E-state index contributed by atoms with van der Waals surface area (Å²) >= 11 is 3.40. The van der Waals surface area contributed by atoms with Crippen molar-refractivity contribution in [3.05, 3.63) is 22.6 Å². The number of anilines is 1. The lowest BCUT2D eigenvalue weighted by Crippen LogP contribution is -2.60. The van der Waals surface area contributed by atoms with E-state index < -0.39 is 5.60 Å². The largest absolute Gasteiger partial charge is 0.467 e. The number of hydrogen-bond acceptors (Lipinski definition) is 7. The van der Waals surface area contributed by atoms with Crippen LogP contribution in [0, 0.1) is 0 Å². The lowest BCUT2D eigenvalue weighted by atomic mass is 9.91. The molecule has 0 saturated carbocycles. The number of aliphatic hydroxyl groups is 1. The van der Waals surface area contributed by atoms with Gasteiger partial charge in [0, 0.05) is 7.05 Å². The zero-order chi connectivity index (χ0) is 14.3. The third-order valence-electron chi connectivity index (χ3n) is 3.28. The lowest BCUT2D eigenvalue weighted by molar-refractivity contribution is -0.000657. The summed E-state index contributed by atoms with van der Waals surface area (Å²) in [6.07, 6.45) is 3.21. The Labute approximate surface area is 123 Å². The Morgan fingerprint density at radius 2 is 2.15 bits per heavy atom. The van der Waals surface area contributed by atoms with Gasteiger partial charge in [-0.1, -0.05) is 5.21 Å². The van der Waals surface area contributed by atoms with Gasteiger partial charge in [-0.3, -0.25) is 0 Å². The van der Waals surface area contributed by atoms with Crippen molar-refractivity contribution in [3.8, 4) is 6.01 Å². The van der Waals surface area contributed by atoms with Gasteiger partial charge >= 0.3 is 6.01 Å². The first kappa shape index (κ1) is 13.3. The van der Waals surface area contributed by atoms with Crippen LogP contribution in [0.4, 0.5) is 5.82 Å². The van der Waals surface area contributed by atoms with E-state index in [1.54, 1.807) is 24.1 Å². The molecule has 0 aromatic carbocycles. The van der Waals surface area contributed by atoms with Crippen LogP contribution in [0.1, 0.15) is 5.69 Å². The Hall–Kier alpha value is -1.74. The Morgan fingerprint density at radius 3 is 2.75 bits per heavy atom. The molecular formula is C11H13BrN6O2. The number of aromatic nitrogens is 5. The standard InChI is InChI=1S/C11H13BrN6O2/c1-17-8(4-14-16-17)11(19)5-18(6-11)9-7(12)3-13-10(15-9)20-2/h3-4,19H,5-6H2,1-2H3. The number of rotatable bonds is 3. The van der Waals surface area contributed by atoms with E-state index in [9.17, 15) is 5.11 Å². The molecule has 0 aliphatic carbocycles. The van der Waals surface area contributed by atoms with E-state index >= 15 is 0 Å². The fourth-order valence-corrected chi connectivity index (χ4v) is 2.71. The highest BCUT2D eigenvalue weighted by Crippen LogP contribution is 2.37. The van der Waals surface area contributed by atoms with Gasteiger partial charge < -0.3 is 14.7 Å². The van der Waals surface area contributed by atoms with Crippen LogP contribution in [0.3, 0.4) is 0 Å². The molecule has 1 aliphatic rings. The first-order chi connectivity index (χ1) is 9.53. The van der Waals surface area contributed by atoms with Crippen molar-refractivity contribution in [1.29, 1.82) is 0 Å². The summed E-state index contributed by atoms with van der Waals surface area (Å²) in [5, 5.41) is 18.2. The normalized spacial score (nSPS) is 16.9. The van der Waals surface area contributed by atoms with Crippen LogP contribution in [0.2, 0.25) is 0 Å². The molecule has 1 N–H and O–H groups in total. The van der Waals surface area contributed by atoms with Crippen LogP contribution in [0.25, 0.3) is 0 Å². The fourth-order valence-electron chi connectivity index (χ4n) is 2.27. The minimum absolute atomic E-state index is 0.292.